The summed E-state index contributed by atoms with van der Waals surface area (Å²) in [6.45, 7) is 4.16. The molecule has 2 amide bonds. The summed E-state index contributed by atoms with van der Waals surface area (Å²) in [6.07, 6.45) is 0. The third-order valence-electron chi connectivity index (χ3n) is 6.63. The zero-order valence-electron chi connectivity index (χ0n) is 21.7. The van der Waals surface area contributed by atoms with E-state index in [0.717, 1.165) is 17.0 Å². The van der Waals surface area contributed by atoms with E-state index in [9.17, 15) is 9.59 Å². The van der Waals surface area contributed by atoms with Crippen LogP contribution in [0, 0.1) is 5.41 Å². The number of hydrogen-bond acceptors (Lipinski definition) is 6. The van der Waals surface area contributed by atoms with Crippen molar-refractivity contribution >= 4 is 29.0 Å². The molecule has 9 nitrogen and oxygen atoms in total. The van der Waals surface area contributed by atoms with Crippen LogP contribution in [0.2, 0.25) is 0 Å². The summed E-state index contributed by atoms with van der Waals surface area (Å²) < 4.78 is 5.48. The maximum atomic E-state index is 13.4. The minimum atomic E-state index is -0.740. The van der Waals surface area contributed by atoms with Crippen molar-refractivity contribution in [3.8, 4) is 5.75 Å². The Balaban J connectivity index is 1.41. The van der Waals surface area contributed by atoms with Gasteiger partial charge in [0.05, 0.1) is 12.8 Å². The topological polar surface area (TPSA) is 124 Å². The predicted molar refractivity (Wildman–Crippen MR) is 150 cm³/mol. The number of anilines is 2. The molecule has 1 heterocycles. The molecule has 38 heavy (non-hydrogen) atoms. The van der Waals surface area contributed by atoms with Gasteiger partial charge >= 0.3 is 0 Å². The molecule has 0 radical (unpaired) electrons. The number of nitrogen functional groups attached to an aromatic ring is 1. The van der Waals surface area contributed by atoms with E-state index in [1.807, 2.05) is 60.7 Å². The van der Waals surface area contributed by atoms with Gasteiger partial charge in [0.25, 0.3) is 0 Å². The number of carbonyl (C=O) groups is 2. The second-order valence-corrected chi connectivity index (χ2v) is 9.20. The minimum absolute atomic E-state index is 0.0561. The van der Waals surface area contributed by atoms with Gasteiger partial charge in [-0.05, 0) is 36.8 Å². The van der Waals surface area contributed by atoms with Crippen molar-refractivity contribution in [1.29, 1.82) is 5.41 Å². The van der Waals surface area contributed by atoms with Gasteiger partial charge in [0, 0.05) is 37.4 Å². The number of nitrogens with zero attached hydrogens (tertiary/aromatic N) is 2. The number of piperazine rings is 1. The Kier molecular flexibility index (Phi) is 8.47. The number of nitrogens with one attached hydrogen (secondary N) is 3. The van der Waals surface area contributed by atoms with Gasteiger partial charge in [0.15, 0.2) is 0 Å². The van der Waals surface area contributed by atoms with E-state index in [4.69, 9.17) is 15.9 Å². The monoisotopic (exact) mass is 514 g/mol. The van der Waals surface area contributed by atoms with Crippen molar-refractivity contribution in [1.82, 2.24) is 10.2 Å². The highest BCUT2D eigenvalue weighted by Crippen LogP contribution is 2.28. The highest BCUT2D eigenvalue weighted by molar-refractivity contribution is 5.96. The SMILES string of the molecule is COc1ccccc1N1CCN(C(=O)C(C)NC(=O)C(Nc2cccc(C(=N)N)c2)c2ccccc2)CC1. The number of ether oxygens (including phenoxy) is 1. The Hall–Kier alpha value is -4.53. The highest BCUT2D eigenvalue weighted by Gasteiger charge is 2.29. The molecule has 9 heteroatoms. The molecule has 1 aliphatic heterocycles. The molecular formula is C29H34N6O3. The normalized spacial score (nSPS) is 14.8. The maximum absolute atomic E-state index is 13.4. The lowest BCUT2D eigenvalue weighted by atomic mass is 10.0. The third-order valence-corrected chi connectivity index (χ3v) is 6.63. The Morgan fingerprint density at radius 1 is 0.947 bits per heavy atom. The van der Waals surface area contributed by atoms with Gasteiger partial charge in [-0.2, -0.15) is 0 Å². The van der Waals surface area contributed by atoms with E-state index in [2.05, 4.69) is 15.5 Å². The summed E-state index contributed by atoms with van der Waals surface area (Å²) in [6, 6.07) is 22.8. The van der Waals surface area contributed by atoms with Crippen molar-refractivity contribution in [2.75, 3.05) is 43.5 Å². The fourth-order valence-corrected chi connectivity index (χ4v) is 4.58. The molecule has 5 N–H and O–H groups in total. The lowest BCUT2D eigenvalue weighted by Crippen LogP contribution is -2.55. The fourth-order valence-electron chi connectivity index (χ4n) is 4.58. The van der Waals surface area contributed by atoms with E-state index < -0.39 is 12.1 Å². The zero-order chi connectivity index (χ0) is 27.1. The van der Waals surface area contributed by atoms with Gasteiger partial charge in [-0.15, -0.1) is 0 Å². The molecule has 0 spiro atoms. The molecular weight excluding hydrogens is 480 g/mol. The Morgan fingerprint density at radius 2 is 1.63 bits per heavy atom. The van der Waals surface area contributed by atoms with Crippen molar-refractivity contribution in [3.63, 3.8) is 0 Å². The number of rotatable bonds is 9. The van der Waals surface area contributed by atoms with Crippen LogP contribution in [0.15, 0.2) is 78.9 Å². The second-order valence-electron chi connectivity index (χ2n) is 9.20. The number of para-hydroxylation sites is 2. The molecule has 4 rings (SSSR count). The van der Waals surface area contributed by atoms with Crippen molar-refractivity contribution in [2.24, 2.45) is 5.73 Å². The summed E-state index contributed by atoms with van der Waals surface area (Å²) in [7, 11) is 1.65. The number of amides is 2. The van der Waals surface area contributed by atoms with Crippen molar-refractivity contribution in [3.05, 3.63) is 90.0 Å². The number of benzene rings is 3. The van der Waals surface area contributed by atoms with Crippen LogP contribution in [0.25, 0.3) is 0 Å². The average molecular weight is 515 g/mol. The third kappa shape index (κ3) is 6.23. The predicted octanol–water partition coefficient (Wildman–Crippen LogP) is 2.99. The van der Waals surface area contributed by atoms with Gasteiger partial charge in [-0.25, -0.2) is 0 Å². The first-order valence-corrected chi connectivity index (χ1v) is 12.6. The molecule has 1 aliphatic rings. The first kappa shape index (κ1) is 26.5. The van der Waals surface area contributed by atoms with Gasteiger partial charge in [-0.1, -0.05) is 54.6 Å². The van der Waals surface area contributed by atoms with Crippen molar-refractivity contribution < 1.29 is 14.3 Å². The second kappa shape index (κ2) is 12.1. The summed E-state index contributed by atoms with van der Waals surface area (Å²) in [5.74, 6) is 0.307. The van der Waals surface area contributed by atoms with Crippen LogP contribution in [0.5, 0.6) is 5.75 Å². The Morgan fingerprint density at radius 3 is 2.32 bits per heavy atom. The largest absolute Gasteiger partial charge is 0.495 e. The zero-order valence-corrected chi connectivity index (χ0v) is 21.7. The average Bonchev–Trinajstić information content (AvgIpc) is 2.96. The number of nitrogens with two attached hydrogens (primary N) is 1. The van der Waals surface area contributed by atoms with Gasteiger partial charge in [0.1, 0.15) is 23.7 Å². The van der Waals surface area contributed by atoms with E-state index >= 15 is 0 Å². The van der Waals surface area contributed by atoms with Gasteiger partial charge in [-0.3, -0.25) is 15.0 Å². The van der Waals surface area contributed by atoms with E-state index in [1.54, 1.807) is 37.1 Å². The number of amidine groups is 1. The summed E-state index contributed by atoms with van der Waals surface area (Å²) >= 11 is 0. The standard InChI is InChI=1S/C29H34N6O3/c1-20(29(37)35-17-15-34(16-18-35)24-13-6-7-14-25(24)38-2)32-28(36)26(21-9-4-3-5-10-21)33-23-12-8-11-22(19-23)27(30)31/h3-14,19-20,26,33H,15-18H2,1-2H3,(H3,30,31)(H,32,36). The van der Waals surface area contributed by atoms with E-state index in [1.165, 1.54) is 0 Å². The first-order chi connectivity index (χ1) is 18.4. The van der Waals surface area contributed by atoms with Crippen LogP contribution in [-0.4, -0.2) is 61.9 Å². The first-order valence-electron chi connectivity index (χ1n) is 12.6. The van der Waals surface area contributed by atoms with Crippen LogP contribution in [0.3, 0.4) is 0 Å². The summed E-state index contributed by atoms with van der Waals surface area (Å²) in [5, 5.41) is 13.8. The molecule has 0 aromatic heterocycles. The summed E-state index contributed by atoms with van der Waals surface area (Å²) in [5.41, 5.74) is 8.60. The van der Waals surface area contributed by atoms with Crippen LogP contribution < -0.4 is 26.0 Å². The fraction of sp³-hybridized carbons (Fsp3) is 0.276. The molecule has 1 saturated heterocycles. The van der Waals surface area contributed by atoms with Crippen molar-refractivity contribution in [2.45, 2.75) is 19.0 Å². The number of hydrogen-bond donors (Lipinski definition) is 4. The van der Waals surface area contributed by atoms with E-state index in [0.29, 0.717) is 37.4 Å². The quantitative estimate of drug-likeness (QED) is 0.257. The molecule has 198 valence electrons. The van der Waals surface area contributed by atoms with Crippen LogP contribution >= 0.6 is 0 Å². The minimum Gasteiger partial charge on any atom is -0.495 e. The molecule has 0 bridgehead atoms. The van der Waals surface area contributed by atoms with E-state index in [-0.39, 0.29) is 17.6 Å². The van der Waals surface area contributed by atoms with Crippen LogP contribution in [-0.2, 0) is 9.59 Å². The lowest BCUT2D eigenvalue weighted by Gasteiger charge is -2.37. The molecule has 3 aromatic rings. The van der Waals surface area contributed by atoms with Gasteiger partial charge < -0.3 is 30.9 Å². The molecule has 1 fully saturated rings. The van der Waals surface area contributed by atoms with Gasteiger partial charge in [0.2, 0.25) is 11.8 Å². The number of methoxy groups -OCH3 is 1. The van der Waals surface area contributed by atoms with Crippen LogP contribution in [0.1, 0.15) is 24.1 Å². The Bertz CT molecular complexity index is 1270. The smallest absolute Gasteiger partial charge is 0.247 e. The maximum Gasteiger partial charge on any atom is 0.247 e. The molecule has 0 saturated carbocycles. The molecule has 0 aliphatic carbocycles. The number of carbonyl (C=O) groups excluding carboxylic acids is 2. The molecule has 2 atom stereocenters. The lowest BCUT2D eigenvalue weighted by molar-refractivity contribution is -0.136. The highest BCUT2D eigenvalue weighted by atomic mass is 16.5. The Labute approximate surface area is 223 Å². The molecule has 3 aromatic carbocycles. The van der Waals surface area contributed by atoms with Crippen LogP contribution in [0.4, 0.5) is 11.4 Å². The summed E-state index contributed by atoms with van der Waals surface area (Å²) in [4.78, 5) is 30.7. The molecule has 2 unspecified atom stereocenters.